The van der Waals surface area contributed by atoms with Crippen molar-refractivity contribution in [2.75, 3.05) is 18.4 Å². The number of hydrogen-bond acceptors (Lipinski definition) is 3. The molecule has 1 aromatic carbocycles. The number of carbonyl (C=O) groups is 1. The van der Waals surface area contributed by atoms with Crippen molar-refractivity contribution in [2.24, 2.45) is 5.92 Å². The van der Waals surface area contributed by atoms with E-state index < -0.39 is 10.0 Å². The highest BCUT2D eigenvalue weighted by Gasteiger charge is 2.29. The summed E-state index contributed by atoms with van der Waals surface area (Å²) in [7, 11) is -3.50. The summed E-state index contributed by atoms with van der Waals surface area (Å²) in [5, 5.41) is 2.63. The molecule has 2 rings (SSSR count). The molecule has 1 amide bonds. The Morgan fingerprint density at radius 2 is 2.10 bits per heavy atom. The molecule has 1 saturated heterocycles. The molecule has 5 nitrogen and oxygen atoms in total. The number of nitrogens with zero attached hydrogens (tertiary/aromatic N) is 1. The number of piperidine rings is 1. The fourth-order valence-electron chi connectivity index (χ4n) is 2.66. The molecule has 116 valence electrons. The van der Waals surface area contributed by atoms with Crippen LogP contribution < -0.4 is 5.32 Å². The van der Waals surface area contributed by atoms with Crippen LogP contribution in [0.1, 0.15) is 32.3 Å². The Hall–Kier alpha value is -1.40. The Kier molecular flexibility index (Phi) is 4.68. The van der Waals surface area contributed by atoms with Gasteiger partial charge in [-0.3, -0.25) is 4.79 Å². The predicted octanol–water partition coefficient (Wildman–Crippen LogP) is 2.37. The van der Waals surface area contributed by atoms with Gasteiger partial charge in [-0.2, -0.15) is 4.31 Å². The van der Waals surface area contributed by atoms with Crippen molar-refractivity contribution < 1.29 is 13.2 Å². The summed E-state index contributed by atoms with van der Waals surface area (Å²) in [5.41, 5.74) is 1.21. The van der Waals surface area contributed by atoms with E-state index in [1.54, 1.807) is 29.4 Å². The van der Waals surface area contributed by atoms with E-state index in [9.17, 15) is 13.2 Å². The van der Waals surface area contributed by atoms with E-state index in [2.05, 4.69) is 12.2 Å². The lowest BCUT2D eigenvalue weighted by atomic mass is 10.0. The van der Waals surface area contributed by atoms with Crippen LogP contribution in [0.25, 0.3) is 0 Å². The summed E-state index contributed by atoms with van der Waals surface area (Å²) >= 11 is 0. The maximum Gasteiger partial charge on any atom is 0.243 e. The number of carbonyl (C=O) groups excluding carboxylic acids is 1. The first-order valence-electron chi connectivity index (χ1n) is 7.19. The average molecular weight is 310 g/mol. The molecule has 0 bridgehead atoms. The molecule has 21 heavy (non-hydrogen) atoms. The monoisotopic (exact) mass is 310 g/mol. The van der Waals surface area contributed by atoms with Gasteiger partial charge in [-0.15, -0.1) is 0 Å². The lowest BCUT2D eigenvalue weighted by Crippen LogP contribution is -2.39. The van der Waals surface area contributed by atoms with Crippen LogP contribution in [-0.4, -0.2) is 31.7 Å². The van der Waals surface area contributed by atoms with E-state index in [4.69, 9.17) is 0 Å². The topological polar surface area (TPSA) is 66.5 Å². The third-order valence-electron chi connectivity index (χ3n) is 3.75. The summed E-state index contributed by atoms with van der Waals surface area (Å²) < 4.78 is 27.2. The minimum atomic E-state index is -3.50. The number of amides is 1. The normalized spacial score (nSPS) is 20.2. The van der Waals surface area contributed by atoms with Crippen molar-refractivity contribution in [1.82, 2.24) is 4.31 Å². The van der Waals surface area contributed by atoms with Crippen LogP contribution in [0.3, 0.4) is 0 Å². The van der Waals surface area contributed by atoms with Crippen LogP contribution in [-0.2, 0) is 14.8 Å². The summed E-state index contributed by atoms with van der Waals surface area (Å²) in [4.78, 5) is 11.4. The molecule has 1 unspecified atom stereocenters. The van der Waals surface area contributed by atoms with Crippen molar-refractivity contribution in [1.29, 1.82) is 0 Å². The van der Waals surface area contributed by atoms with Crippen LogP contribution in [0.4, 0.5) is 5.69 Å². The Balaban J connectivity index is 2.36. The van der Waals surface area contributed by atoms with Gasteiger partial charge in [0.15, 0.2) is 0 Å². The smallest absolute Gasteiger partial charge is 0.243 e. The largest absolute Gasteiger partial charge is 0.326 e. The van der Waals surface area contributed by atoms with Crippen molar-refractivity contribution in [3.8, 4) is 0 Å². The van der Waals surface area contributed by atoms with Crippen LogP contribution in [0, 0.1) is 12.8 Å². The highest BCUT2D eigenvalue weighted by atomic mass is 32.2. The van der Waals surface area contributed by atoms with Gasteiger partial charge in [0.1, 0.15) is 0 Å². The molecule has 0 aliphatic carbocycles. The zero-order chi connectivity index (χ0) is 15.6. The standard InChI is InChI=1S/C15H22N2O3S/c1-11-5-4-8-17(10-11)21(19,20)15-9-14(16-13(3)18)7-6-12(15)2/h6-7,9,11H,4-5,8,10H2,1-3H3,(H,16,18). The molecule has 1 fully saturated rings. The van der Waals surface area contributed by atoms with E-state index in [1.165, 1.54) is 6.92 Å². The summed E-state index contributed by atoms with van der Waals surface area (Å²) in [6, 6.07) is 4.99. The van der Waals surface area contributed by atoms with Crippen LogP contribution in [0.2, 0.25) is 0 Å². The van der Waals surface area contributed by atoms with Crippen LogP contribution >= 0.6 is 0 Å². The SMILES string of the molecule is CC(=O)Nc1ccc(C)c(S(=O)(=O)N2CCCC(C)C2)c1. The molecule has 6 heteroatoms. The molecule has 0 spiro atoms. The number of sulfonamides is 1. The van der Waals surface area contributed by atoms with E-state index in [0.29, 0.717) is 30.3 Å². The second-order valence-electron chi connectivity index (χ2n) is 5.77. The van der Waals surface area contributed by atoms with Crippen molar-refractivity contribution in [3.05, 3.63) is 23.8 Å². The van der Waals surface area contributed by atoms with Gasteiger partial charge in [-0.25, -0.2) is 8.42 Å². The van der Waals surface area contributed by atoms with Gasteiger partial charge in [0.25, 0.3) is 0 Å². The Labute approximate surface area is 126 Å². The number of rotatable bonds is 3. The zero-order valence-electron chi connectivity index (χ0n) is 12.7. The van der Waals surface area contributed by atoms with Crippen molar-refractivity contribution >= 4 is 21.6 Å². The molecule has 0 aromatic heterocycles. The second kappa shape index (κ2) is 6.15. The summed E-state index contributed by atoms with van der Waals surface area (Å²) in [5.74, 6) is 0.168. The van der Waals surface area contributed by atoms with E-state index in [1.807, 2.05) is 0 Å². The minimum Gasteiger partial charge on any atom is -0.326 e. The quantitative estimate of drug-likeness (QED) is 0.932. The Bertz CT molecular complexity index is 640. The molecule has 1 heterocycles. The molecule has 0 radical (unpaired) electrons. The van der Waals surface area contributed by atoms with Gasteiger partial charge in [-0.1, -0.05) is 13.0 Å². The lowest BCUT2D eigenvalue weighted by molar-refractivity contribution is -0.114. The molecule has 1 aliphatic rings. The molecule has 1 N–H and O–H groups in total. The van der Waals surface area contributed by atoms with E-state index in [-0.39, 0.29) is 10.8 Å². The summed E-state index contributed by atoms with van der Waals surface area (Å²) in [6.07, 6.45) is 1.96. The average Bonchev–Trinajstić information content (AvgIpc) is 2.40. The zero-order valence-corrected chi connectivity index (χ0v) is 13.5. The van der Waals surface area contributed by atoms with E-state index in [0.717, 1.165) is 12.8 Å². The molecule has 1 aromatic rings. The number of nitrogens with one attached hydrogen (secondary N) is 1. The lowest BCUT2D eigenvalue weighted by Gasteiger charge is -2.30. The first-order chi connectivity index (χ1) is 9.80. The molecule has 1 aliphatic heterocycles. The Morgan fingerprint density at radius 3 is 2.71 bits per heavy atom. The van der Waals surface area contributed by atoms with Gasteiger partial charge >= 0.3 is 0 Å². The van der Waals surface area contributed by atoms with Crippen molar-refractivity contribution in [3.63, 3.8) is 0 Å². The molecule has 0 saturated carbocycles. The number of anilines is 1. The van der Waals surface area contributed by atoms with Crippen molar-refractivity contribution in [2.45, 2.75) is 38.5 Å². The van der Waals surface area contributed by atoms with Gasteiger partial charge in [0.2, 0.25) is 15.9 Å². The Morgan fingerprint density at radius 1 is 1.38 bits per heavy atom. The number of aryl methyl sites for hydroxylation is 1. The van der Waals surface area contributed by atoms with Gasteiger partial charge in [0.05, 0.1) is 4.90 Å². The maximum atomic E-state index is 12.8. The second-order valence-corrected chi connectivity index (χ2v) is 7.68. The predicted molar refractivity (Wildman–Crippen MR) is 82.6 cm³/mol. The van der Waals surface area contributed by atoms with Gasteiger partial charge in [-0.05, 0) is 43.4 Å². The third kappa shape index (κ3) is 3.63. The highest BCUT2D eigenvalue weighted by molar-refractivity contribution is 7.89. The fraction of sp³-hybridized carbons (Fsp3) is 0.533. The van der Waals surface area contributed by atoms with Crippen LogP contribution in [0.15, 0.2) is 23.1 Å². The van der Waals surface area contributed by atoms with Gasteiger partial charge in [0, 0.05) is 25.7 Å². The molecular weight excluding hydrogens is 288 g/mol. The van der Waals surface area contributed by atoms with Crippen LogP contribution in [0.5, 0.6) is 0 Å². The number of benzene rings is 1. The molecule has 1 atom stereocenters. The minimum absolute atomic E-state index is 0.214. The van der Waals surface area contributed by atoms with E-state index >= 15 is 0 Å². The molecular formula is C15H22N2O3S. The fourth-order valence-corrected chi connectivity index (χ4v) is 4.51. The first kappa shape index (κ1) is 16.0. The third-order valence-corrected chi connectivity index (χ3v) is 5.75. The highest BCUT2D eigenvalue weighted by Crippen LogP contribution is 2.27. The maximum absolute atomic E-state index is 12.8. The first-order valence-corrected chi connectivity index (χ1v) is 8.63. The summed E-state index contributed by atoms with van der Waals surface area (Å²) in [6.45, 7) is 6.38. The number of hydrogen-bond donors (Lipinski definition) is 1. The van der Waals surface area contributed by atoms with Gasteiger partial charge < -0.3 is 5.32 Å².